The van der Waals surface area contributed by atoms with E-state index in [1.54, 1.807) is 17.0 Å². The molecule has 2 aromatic rings. The zero-order valence-corrected chi connectivity index (χ0v) is 14.9. The number of rotatable bonds is 1. The summed E-state index contributed by atoms with van der Waals surface area (Å²) in [5.74, 6) is -0.288. The van der Waals surface area contributed by atoms with Crippen LogP contribution in [0.5, 0.6) is 0 Å². The second-order valence-electron chi connectivity index (χ2n) is 7.51. The van der Waals surface area contributed by atoms with Gasteiger partial charge in [-0.15, -0.1) is 0 Å². The van der Waals surface area contributed by atoms with Gasteiger partial charge in [0.1, 0.15) is 0 Å². The summed E-state index contributed by atoms with van der Waals surface area (Å²) < 4.78 is 0. The normalized spacial score (nSPS) is 23.2. The third kappa shape index (κ3) is 2.84. The lowest BCUT2D eigenvalue weighted by Crippen LogP contribution is -2.35. The first kappa shape index (κ1) is 16.3. The summed E-state index contributed by atoms with van der Waals surface area (Å²) in [7, 11) is 0. The Morgan fingerprint density at radius 2 is 1.63 bits per heavy atom. The number of amides is 2. The second-order valence-corrected chi connectivity index (χ2v) is 7.51. The Morgan fingerprint density at radius 3 is 2.41 bits per heavy atom. The molecule has 3 aliphatic rings. The molecule has 2 atom stereocenters. The number of piperidine rings is 1. The first-order valence-electron chi connectivity index (χ1n) is 9.48. The van der Waals surface area contributed by atoms with Gasteiger partial charge in [0.15, 0.2) is 0 Å². The lowest BCUT2D eigenvalue weighted by atomic mass is 9.98. The number of nitrogens with one attached hydrogen (secondary N) is 2. The Bertz CT molecular complexity index is 952. The van der Waals surface area contributed by atoms with Crippen LogP contribution in [0.1, 0.15) is 36.0 Å². The summed E-state index contributed by atoms with van der Waals surface area (Å²) in [6, 6.07) is 15.7. The van der Waals surface area contributed by atoms with E-state index in [4.69, 9.17) is 0 Å². The van der Waals surface area contributed by atoms with Crippen LogP contribution >= 0.6 is 0 Å². The first-order chi connectivity index (χ1) is 13.2. The molecule has 5 nitrogen and oxygen atoms in total. The average molecular weight is 359 g/mol. The van der Waals surface area contributed by atoms with Crippen molar-refractivity contribution in [2.45, 2.75) is 37.8 Å². The molecular weight excluding hydrogens is 338 g/mol. The molecule has 0 radical (unpaired) electrons. The molecule has 0 aromatic heterocycles. The number of anilines is 3. The fourth-order valence-corrected chi connectivity index (χ4v) is 4.49. The van der Waals surface area contributed by atoms with E-state index < -0.39 is 0 Å². The molecule has 2 amide bonds. The van der Waals surface area contributed by atoms with Crippen molar-refractivity contribution in [3.63, 3.8) is 0 Å². The Balaban J connectivity index is 1.59. The first-order valence-corrected chi connectivity index (χ1v) is 9.48. The van der Waals surface area contributed by atoms with Crippen molar-refractivity contribution in [2.75, 3.05) is 10.2 Å². The molecule has 5 rings (SSSR count). The Kier molecular flexibility index (Phi) is 3.83. The van der Waals surface area contributed by atoms with Crippen molar-refractivity contribution in [2.24, 2.45) is 0 Å². The molecule has 5 heteroatoms. The van der Waals surface area contributed by atoms with Crippen molar-refractivity contribution >= 4 is 28.9 Å². The zero-order chi connectivity index (χ0) is 18.4. The molecule has 2 fully saturated rings. The van der Waals surface area contributed by atoms with Crippen molar-refractivity contribution in [3.8, 4) is 0 Å². The zero-order valence-electron chi connectivity index (χ0n) is 14.9. The minimum atomic E-state index is -0.194. The van der Waals surface area contributed by atoms with Crippen LogP contribution in [-0.2, 0) is 4.79 Å². The minimum absolute atomic E-state index is 0.0947. The quantitative estimate of drug-likeness (QED) is 0.762. The Hall–Kier alpha value is -2.92. The number of carbonyl (C=O) groups excluding carboxylic acids is 2. The van der Waals surface area contributed by atoms with Crippen molar-refractivity contribution < 1.29 is 9.59 Å². The van der Waals surface area contributed by atoms with Crippen LogP contribution in [0.2, 0.25) is 0 Å². The molecule has 27 heavy (non-hydrogen) atoms. The fraction of sp³-hybridized carbons (Fsp3) is 0.273. The number of fused-ring (bicyclic) bond motifs is 4. The predicted molar refractivity (Wildman–Crippen MR) is 105 cm³/mol. The van der Waals surface area contributed by atoms with Crippen LogP contribution in [0.4, 0.5) is 17.1 Å². The van der Waals surface area contributed by atoms with Gasteiger partial charge in [-0.25, -0.2) is 0 Å². The summed E-state index contributed by atoms with van der Waals surface area (Å²) in [5, 5.41) is 6.53. The van der Waals surface area contributed by atoms with E-state index >= 15 is 0 Å². The number of hydrogen-bond donors (Lipinski definition) is 2. The maximum atomic E-state index is 13.4. The molecule has 0 spiro atoms. The van der Waals surface area contributed by atoms with E-state index in [1.165, 1.54) is 18.4 Å². The van der Waals surface area contributed by atoms with Crippen molar-refractivity contribution in [1.29, 1.82) is 0 Å². The summed E-state index contributed by atoms with van der Waals surface area (Å²) in [6.45, 7) is 0. The van der Waals surface area contributed by atoms with Gasteiger partial charge < -0.3 is 10.6 Å². The molecule has 2 aromatic carbocycles. The third-order valence-corrected chi connectivity index (χ3v) is 5.68. The van der Waals surface area contributed by atoms with Crippen LogP contribution in [-0.4, -0.2) is 23.9 Å². The summed E-state index contributed by atoms with van der Waals surface area (Å²) >= 11 is 0. The standard InChI is InChI=1S/C22H21N3O2/c26-21(13-14-11-15-9-10-16(12-14)23-15)25-19-7-3-1-5-17(19)22(27)24-18-6-2-4-8-20(18)25/h1-8,13,15-16,23H,9-12H2,(H,24,27). The topological polar surface area (TPSA) is 61.4 Å². The molecular formula is C22H21N3O2. The summed E-state index contributed by atoms with van der Waals surface area (Å²) in [4.78, 5) is 27.7. The van der Waals surface area contributed by atoms with Gasteiger partial charge in [0.05, 0.1) is 22.6 Å². The van der Waals surface area contributed by atoms with E-state index in [2.05, 4.69) is 10.6 Å². The van der Waals surface area contributed by atoms with E-state index in [0.717, 1.165) is 12.8 Å². The number of para-hydroxylation sites is 3. The van der Waals surface area contributed by atoms with Gasteiger partial charge in [0.2, 0.25) is 0 Å². The molecule has 0 aliphatic carbocycles. The third-order valence-electron chi connectivity index (χ3n) is 5.68. The second kappa shape index (κ2) is 6.35. The van der Waals surface area contributed by atoms with Crippen LogP contribution in [0.15, 0.2) is 60.2 Å². The molecule has 2 bridgehead atoms. The van der Waals surface area contributed by atoms with E-state index in [1.807, 2.05) is 42.5 Å². The van der Waals surface area contributed by atoms with E-state index in [0.29, 0.717) is 34.7 Å². The molecule has 3 aliphatic heterocycles. The van der Waals surface area contributed by atoms with Crippen LogP contribution in [0.25, 0.3) is 0 Å². The number of benzene rings is 2. The van der Waals surface area contributed by atoms with Crippen LogP contribution in [0, 0.1) is 0 Å². The number of hydrogen-bond acceptors (Lipinski definition) is 3. The number of carbonyl (C=O) groups is 2. The SMILES string of the molecule is O=C1Nc2ccccc2N(C(=O)C=C2CC3CCC(C2)N3)c2ccccc21. The molecule has 3 heterocycles. The maximum Gasteiger partial charge on any atom is 0.257 e. The van der Waals surface area contributed by atoms with E-state index in [9.17, 15) is 9.59 Å². The van der Waals surface area contributed by atoms with Gasteiger partial charge in [-0.2, -0.15) is 0 Å². The van der Waals surface area contributed by atoms with Gasteiger partial charge in [0.25, 0.3) is 11.8 Å². The van der Waals surface area contributed by atoms with Crippen LogP contribution in [0.3, 0.4) is 0 Å². The van der Waals surface area contributed by atoms with Gasteiger partial charge in [-0.1, -0.05) is 29.8 Å². The largest absolute Gasteiger partial charge is 0.320 e. The van der Waals surface area contributed by atoms with Gasteiger partial charge in [-0.05, 0) is 49.9 Å². The maximum absolute atomic E-state index is 13.4. The lowest BCUT2D eigenvalue weighted by Gasteiger charge is -2.26. The van der Waals surface area contributed by atoms with Gasteiger partial charge in [0, 0.05) is 18.2 Å². The number of nitrogens with zero attached hydrogens (tertiary/aromatic N) is 1. The van der Waals surface area contributed by atoms with E-state index in [-0.39, 0.29) is 11.8 Å². The summed E-state index contributed by atoms with van der Waals surface area (Å²) in [6.07, 6.45) is 6.01. The highest BCUT2D eigenvalue weighted by Gasteiger charge is 2.32. The summed E-state index contributed by atoms with van der Waals surface area (Å²) in [5.41, 5.74) is 3.68. The van der Waals surface area contributed by atoms with Gasteiger partial charge in [-0.3, -0.25) is 14.5 Å². The van der Waals surface area contributed by atoms with Crippen LogP contribution < -0.4 is 15.5 Å². The van der Waals surface area contributed by atoms with Crippen molar-refractivity contribution in [1.82, 2.24) is 5.32 Å². The van der Waals surface area contributed by atoms with Gasteiger partial charge >= 0.3 is 0 Å². The Morgan fingerprint density at radius 1 is 0.963 bits per heavy atom. The lowest BCUT2D eigenvalue weighted by molar-refractivity contribution is -0.113. The highest BCUT2D eigenvalue weighted by molar-refractivity contribution is 6.19. The minimum Gasteiger partial charge on any atom is -0.320 e. The molecule has 136 valence electrons. The Labute approximate surface area is 158 Å². The molecule has 2 N–H and O–H groups in total. The van der Waals surface area contributed by atoms with Crippen molar-refractivity contribution in [3.05, 3.63) is 65.7 Å². The smallest absolute Gasteiger partial charge is 0.257 e. The molecule has 2 unspecified atom stereocenters. The monoisotopic (exact) mass is 359 g/mol. The fourth-order valence-electron chi connectivity index (χ4n) is 4.49. The predicted octanol–water partition coefficient (Wildman–Crippen LogP) is 3.76. The average Bonchev–Trinajstić information content (AvgIpc) is 2.95. The highest BCUT2D eigenvalue weighted by atomic mass is 16.2. The molecule has 2 saturated heterocycles. The highest BCUT2D eigenvalue weighted by Crippen LogP contribution is 2.38. The molecule has 0 saturated carbocycles.